The molecule has 4 aliphatic carbocycles. The van der Waals surface area contributed by atoms with Crippen LogP contribution in [0.3, 0.4) is 0 Å². The summed E-state index contributed by atoms with van der Waals surface area (Å²) in [7, 11) is 0. The Morgan fingerprint density at radius 1 is 0.365 bits per heavy atom. The number of carbonyl (C=O) groups excluding carboxylic acids is 2. The summed E-state index contributed by atoms with van der Waals surface area (Å²) in [5.41, 5.74) is 10.0. The summed E-state index contributed by atoms with van der Waals surface area (Å²) in [6, 6.07) is 52.0. The van der Waals surface area contributed by atoms with Gasteiger partial charge in [-0.05, 0) is 167 Å². The van der Waals surface area contributed by atoms with Gasteiger partial charge in [0.1, 0.15) is 35.4 Å². The average Bonchev–Trinajstić information content (AvgIpc) is 1.49. The number of rotatable bonds is 26. The van der Waals surface area contributed by atoms with Gasteiger partial charge in [0.05, 0.1) is 39.7 Å². The number of carbonyl (C=O) groups is 2. The number of aryl methyl sites for hydroxylation is 4. The van der Waals surface area contributed by atoms with Crippen LogP contribution < -0.4 is 0 Å². The van der Waals surface area contributed by atoms with Crippen LogP contribution in [0.5, 0.6) is 0 Å². The van der Waals surface area contributed by atoms with Crippen LogP contribution in [-0.2, 0) is 36.5 Å². The summed E-state index contributed by atoms with van der Waals surface area (Å²) in [6.07, 6.45) is 24.8. The molecule has 0 radical (unpaired) electrons. The van der Waals surface area contributed by atoms with Crippen molar-refractivity contribution in [2.75, 3.05) is 0 Å². The Balaban J connectivity index is 1.07. The van der Waals surface area contributed by atoms with Crippen molar-refractivity contribution in [2.24, 2.45) is 0 Å². The van der Waals surface area contributed by atoms with Crippen LogP contribution in [-0.4, -0.2) is 11.6 Å². The third-order valence-corrected chi connectivity index (χ3v) is 26.6. The first-order valence-corrected chi connectivity index (χ1v) is 39.9. The molecule has 0 aliphatic heterocycles. The molecule has 0 spiro atoms. The lowest BCUT2D eigenvalue weighted by atomic mass is 9.67. The summed E-state index contributed by atoms with van der Waals surface area (Å²) in [5.74, 6) is -6.08. The third kappa shape index (κ3) is 12.3. The smallest absolute Gasteiger partial charge is 0.194 e. The summed E-state index contributed by atoms with van der Waals surface area (Å²) < 4.78 is 63.1. The first-order valence-electron chi connectivity index (χ1n) is 36.6. The van der Waals surface area contributed by atoms with Crippen molar-refractivity contribution in [1.29, 1.82) is 21.0 Å². The molecule has 4 aromatic heterocycles. The van der Waals surface area contributed by atoms with Crippen molar-refractivity contribution in [3.05, 3.63) is 278 Å². The molecule has 4 heterocycles. The lowest BCUT2D eigenvalue weighted by molar-refractivity contribution is 0.103. The largest absolute Gasteiger partial charge is 0.289 e. The van der Waals surface area contributed by atoms with E-state index in [0.29, 0.717) is 9.75 Å². The number of ketones is 2. The quantitative estimate of drug-likeness (QED) is 0.0230. The van der Waals surface area contributed by atoms with Gasteiger partial charge in [0.25, 0.3) is 0 Å². The van der Waals surface area contributed by atoms with E-state index in [9.17, 15) is 30.6 Å². The zero-order chi connectivity index (χ0) is 72.6. The monoisotopic (exact) mass is 1450 g/mol. The van der Waals surface area contributed by atoms with Crippen LogP contribution in [0.2, 0.25) is 0 Å². The summed E-state index contributed by atoms with van der Waals surface area (Å²) in [6.45, 7) is 8.87. The minimum absolute atomic E-state index is 0.00368. The SMILES string of the molecule is CCCCCCc1ccc(C2(c3ccc(CCCCCC)cc3)c3cc(C=C4C(=O)c5cc(F)c(F)cc5C4=C(C#N)C#N)sc3-c3sc4c5c(sc4c32)-c2sc(C=C3C(=O)c4cc(F)c(F)cc4C3=C(C#N)C#N)cc2C5(c2ccc(CCCCCC)cc2)c2ccc(CCCCCC)cc2)cc1. The van der Waals surface area contributed by atoms with Gasteiger partial charge < -0.3 is 0 Å². The predicted molar refractivity (Wildman–Crippen MR) is 415 cm³/mol. The average molecular weight is 1450 g/mol. The molecule has 520 valence electrons. The maximum Gasteiger partial charge on any atom is 0.194 e. The maximum atomic E-state index is 15.3. The molecule has 0 atom stereocenters. The van der Waals surface area contributed by atoms with E-state index in [0.717, 1.165) is 226 Å². The molecule has 6 nitrogen and oxygen atoms in total. The first-order chi connectivity index (χ1) is 50.7. The first kappa shape index (κ1) is 71.4. The van der Waals surface area contributed by atoms with Crippen molar-refractivity contribution < 1.29 is 27.2 Å². The highest BCUT2D eigenvalue weighted by Gasteiger charge is 2.55. The number of halogens is 4. The molecule has 0 unspecified atom stereocenters. The molecule has 0 bridgehead atoms. The second-order valence-corrected chi connectivity index (χ2v) is 32.1. The Morgan fingerprint density at radius 3 is 0.913 bits per heavy atom. The van der Waals surface area contributed by atoms with Crippen molar-refractivity contribution in [3.63, 3.8) is 0 Å². The molecule has 0 saturated heterocycles. The molecular formula is C90H76F4N4O2S4. The summed E-state index contributed by atoms with van der Waals surface area (Å²) >= 11 is 6.50. The lowest BCUT2D eigenvalue weighted by Gasteiger charge is -2.34. The van der Waals surface area contributed by atoms with Crippen LogP contribution in [0.4, 0.5) is 17.6 Å². The van der Waals surface area contributed by atoms with Gasteiger partial charge in [-0.1, -0.05) is 202 Å². The number of nitrogens with zero attached hydrogens (tertiary/aromatic N) is 4. The summed E-state index contributed by atoms with van der Waals surface area (Å²) in [5, 5.41) is 41.8. The fourth-order valence-corrected chi connectivity index (χ4v) is 22.1. The van der Waals surface area contributed by atoms with E-state index in [1.165, 1.54) is 44.9 Å². The molecule has 0 fully saturated rings. The van der Waals surface area contributed by atoms with Gasteiger partial charge >= 0.3 is 0 Å². The van der Waals surface area contributed by atoms with E-state index in [-0.39, 0.29) is 44.5 Å². The number of Topliss-reactive ketones (excluding diaryl/α,β-unsaturated/α-hetero) is 2. The van der Waals surface area contributed by atoms with Crippen LogP contribution in [0.25, 0.3) is 52.2 Å². The van der Waals surface area contributed by atoms with Crippen molar-refractivity contribution in [2.45, 2.75) is 167 Å². The molecule has 14 rings (SSSR count). The topological polar surface area (TPSA) is 129 Å². The molecule has 104 heavy (non-hydrogen) atoms. The molecule has 10 aromatic rings. The third-order valence-electron chi connectivity index (χ3n) is 21.5. The Kier molecular flexibility index (Phi) is 20.7. The Bertz CT molecular complexity index is 4920. The second-order valence-electron chi connectivity index (χ2n) is 27.9. The number of benzene rings is 6. The predicted octanol–water partition coefficient (Wildman–Crippen LogP) is 25.0. The van der Waals surface area contributed by atoms with Gasteiger partial charge in [-0.15, -0.1) is 45.3 Å². The van der Waals surface area contributed by atoms with E-state index >= 15 is 17.6 Å². The van der Waals surface area contributed by atoms with E-state index < -0.39 is 56.8 Å². The molecule has 6 aromatic carbocycles. The molecule has 0 N–H and O–H groups in total. The van der Waals surface area contributed by atoms with Crippen LogP contribution in [0, 0.1) is 68.6 Å². The number of allylic oxidation sites excluding steroid dienone is 6. The van der Waals surface area contributed by atoms with E-state index in [4.69, 9.17) is 0 Å². The number of thiophene rings is 4. The van der Waals surface area contributed by atoms with Crippen LogP contribution in [0.15, 0.2) is 156 Å². The normalized spacial score (nSPS) is 14.9. The number of hydrogen-bond donors (Lipinski definition) is 0. The zero-order valence-electron chi connectivity index (χ0n) is 58.7. The standard InChI is InChI=1S/C90H76F4N4O2S4/c1-5-9-13-17-21-53-25-33-59(34-26-53)89(60-35-27-54(28-36-60)22-18-14-10-6-2)71-43-63(41-69-77(57(49-95)50-96)65-45-73(91)75(93)47-67(65)81(69)99)101-83(71)85-79(89)87-88(103-85)80-86(104-87)84-72(44-64(102-84)42-70-78(58(51-97)52-98)66-46-74(92)76(94)48-68(66)82(70)100)90(80,61-37-29-55(30-38-61)23-19-15-11-7-3)62-39-31-56(32-40-62)24-20-16-12-8-4/h25-48H,5-24H2,1-4H3. The van der Waals surface area contributed by atoms with Gasteiger partial charge in [0, 0.05) is 54.3 Å². The fraction of sp³-hybridized carbons (Fsp3) is 0.289. The molecule has 0 amide bonds. The summed E-state index contributed by atoms with van der Waals surface area (Å²) in [4.78, 5) is 34.8. The molecular weight excluding hydrogens is 1370 g/mol. The Hall–Kier alpha value is -9.64. The van der Waals surface area contributed by atoms with Crippen LogP contribution >= 0.6 is 45.3 Å². The van der Waals surface area contributed by atoms with Crippen LogP contribution in [0.1, 0.15) is 239 Å². The lowest BCUT2D eigenvalue weighted by Crippen LogP contribution is -2.29. The minimum Gasteiger partial charge on any atom is -0.289 e. The number of hydrogen-bond acceptors (Lipinski definition) is 10. The Labute approximate surface area is 622 Å². The van der Waals surface area contributed by atoms with Gasteiger partial charge in [-0.2, -0.15) is 21.0 Å². The highest BCUT2D eigenvalue weighted by molar-refractivity contribution is 7.34. The highest BCUT2D eigenvalue weighted by Crippen LogP contribution is 2.70. The van der Waals surface area contributed by atoms with Gasteiger partial charge in [-0.3, -0.25) is 9.59 Å². The second kappa shape index (κ2) is 30.2. The van der Waals surface area contributed by atoms with Gasteiger partial charge in [-0.25, -0.2) is 17.6 Å². The van der Waals surface area contributed by atoms with Crippen molar-refractivity contribution in [3.8, 4) is 43.8 Å². The number of fused-ring (bicyclic) bond motifs is 11. The molecule has 0 saturated carbocycles. The molecule has 14 heteroatoms. The van der Waals surface area contributed by atoms with Gasteiger partial charge in [0.15, 0.2) is 34.8 Å². The van der Waals surface area contributed by atoms with Crippen molar-refractivity contribution >= 4 is 89.6 Å². The maximum absolute atomic E-state index is 15.3. The minimum atomic E-state index is -1.21. The molecule has 4 aliphatic rings. The van der Waals surface area contributed by atoms with E-state index in [1.807, 2.05) is 24.3 Å². The Morgan fingerprint density at radius 2 is 0.644 bits per heavy atom. The number of unbranched alkanes of at least 4 members (excludes halogenated alkanes) is 12. The van der Waals surface area contributed by atoms with E-state index in [1.54, 1.807) is 34.8 Å². The zero-order valence-corrected chi connectivity index (χ0v) is 62.0. The number of nitriles is 4. The fourth-order valence-electron chi connectivity index (χ4n) is 16.4. The van der Waals surface area contributed by atoms with E-state index in [2.05, 4.69) is 137 Å². The van der Waals surface area contributed by atoms with Gasteiger partial charge in [0.2, 0.25) is 0 Å². The highest BCUT2D eigenvalue weighted by atomic mass is 32.1. The van der Waals surface area contributed by atoms with Crippen molar-refractivity contribution in [1.82, 2.24) is 0 Å².